The number of ether oxygens (including phenoxy) is 1. The van der Waals surface area contributed by atoms with Crippen LogP contribution in [-0.4, -0.2) is 39.8 Å². The maximum Gasteiger partial charge on any atom is 0.274 e. The first-order chi connectivity index (χ1) is 12.6. The zero-order valence-electron chi connectivity index (χ0n) is 14.5. The molecule has 2 aromatic carbocycles. The number of aryl methyl sites for hydroxylation is 1. The Hall–Kier alpha value is -2.99. The van der Waals surface area contributed by atoms with Gasteiger partial charge in [-0.25, -0.2) is 4.68 Å². The van der Waals surface area contributed by atoms with Gasteiger partial charge in [0.2, 0.25) is 0 Å². The lowest BCUT2D eigenvalue weighted by Gasteiger charge is -2.38. The second kappa shape index (κ2) is 6.72. The molecule has 3 aromatic rings. The number of benzene rings is 2. The Morgan fingerprint density at radius 1 is 1.12 bits per heavy atom. The van der Waals surface area contributed by atoms with Crippen LogP contribution in [0.3, 0.4) is 0 Å². The molecule has 6 nitrogen and oxygen atoms in total. The number of likely N-dealkylation sites (tertiary alicyclic amines) is 1. The van der Waals surface area contributed by atoms with Crippen LogP contribution in [0.5, 0.6) is 0 Å². The molecule has 0 aliphatic carbocycles. The summed E-state index contributed by atoms with van der Waals surface area (Å²) in [5, 5.41) is 6.39. The van der Waals surface area contributed by atoms with Gasteiger partial charge >= 0.3 is 0 Å². The number of nitrogens with zero attached hydrogens (tertiary/aromatic N) is 3. The van der Waals surface area contributed by atoms with Gasteiger partial charge in [0.05, 0.1) is 12.7 Å². The van der Waals surface area contributed by atoms with E-state index in [0.29, 0.717) is 19.7 Å². The van der Waals surface area contributed by atoms with Crippen LogP contribution < -0.4 is 5.56 Å². The Morgan fingerprint density at radius 3 is 2.69 bits per heavy atom. The van der Waals surface area contributed by atoms with Gasteiger partial charge in [-0.05, 0) is 22.4 Å². The molecule has 1 aromatic heterocycles. The number of carbonyl (C=O) groups is 1. The monoisotopic (exact) mass is 349 g/mol. The van der Waals surface area contributed by atoms with Crippen LogP contribution in [0.2, 0.25) is 0 Å². The van der Waals surface area contributed by atoms with E-state index in [0.717, 1.165) is 5.56 Å². The van der Waals surface area contributed by atoms with E-state index >= 15 is 0 Å². The Bertz CT molecular complexity index is 1020. The molecule has 2 heterocycles. The lowest BCUT2D eigenvalue weighted by molar-refractivity contribution is -0.0502. The minimum Gasteiger partial charge on any atom is -0.370 e. The minimum absolute atomic E-state index is 0.0189. The number of amides is 1. The van der Waals surface area contributed by atoms with E-state index in [1.165, 1.54) is 34.6 Å². The van der Waals surface area contributed by atoms with Gasteiger partial charge in [-0.15, -0.1) is 0 Å². The van der Waals surface area contributed by atoms with Crippen molar-refractivity contribution in [1.29, 1.82) is 0 Å². The Kier molecular flexibility index (Phi) is 4.26. The maximum absolute atomic E-state index is 12.4. The minimum atomic E-state index is -0.235. The Balaban J connectivity index is 1.36. The molecule has 1 aliphatic heterocycles. The highest BCUT2D eigenvalue weighted by Crippen LogP contribution is 2.21. The van der Waals surface area contributed by atoms with E-state index in [9.17, 15) is 9.59 Å². The predicted molar refractivity (Wildman–Crippen MR) is 97.9 cm³/mol. The van der Waals surface area contributed by atoms with E-state index in [1.807, 2.05) is 18.2 Å². The molecule has 0 atom stereocenters. The molecular formula is C20H19N3O3. The summed E-state index contributed by atoms with van der Waals surface area (Å²) in [4.78, 5) is 25.4. The first kappa shape index (κ1) is 16.5. The molecule has 132 valence electrons. The van der Waals surface area contributed by atoms with Gasteiger partial charge in [-0.1, -0.05) is 42.5 Å². The average molecular weight is 349 g/mol. The summed E-state index contributed by atoms with van der Waals surface area (Å²) in [6.07, 6.45) is 0.0189. The number of carbonyl (C=O) groups excluding carboxylic acids is 1. The molecule has 0 bridgehead atoms. The van der Waals surface area contributed by atoms with Crippen molar-refractivity contribution in [3.05, 3.63) is 76.2 Å². The molecule has 4 rings (SSSR count). The smallest absolute Gasteiger partial charge is 0.274 e. The van der Waals surface area contributed by atoms with Crippen molar-refractivity contribution in [3.8, 4) is 0 Å². The molecular weight excluding hydrogens is 330 g/mol. The largest absolute Gasteiger partial charge is 0.370 e. The van der Waals surface area contributed by atoms with Gasteiger partial charge in [0.15, 0.2) is 0 Å². The Morgan fingerprint density at radius 2 is 1.88 bits per heavy atom. The van der Waals surface area contributed by atoms with E-state index in [1.54, 1.807) is 4.90 Å². The van der Waals surface area contributed by atoms with Crippen LogP contribution in [0.1, 0.15) is 16.1 Å². The molecule has 0 unspecified atom stereocenters. The summed E-state index contributed by atoms with van der Waals surface area (Å²) in [7, 11) is 1.53. The summed E-state index contributed by atoms with van der Waals surface area (Å²) < 4.78 is 7.13. The number of fused-ring (bicyclic) bond motifs is 1. The summed E-state index contributed by atoms with van der Waals surface area (Å²) >= 11 is 0. The van der Waals surface area contributed by atoms with Gasteiger partial charge < -0.3 is 9.64 Å². The van der Waals surface area contributed by atoms with Gasteiger partial charge in [0.25, 0.3) is 11.5 Å². The van der Waals surface area contributed by atoms with Crippen molar-refractivity contribution < 1.29 is 9.53 Å². The predicted octanol–water partition coefficient (Wildman–Crippen LogP) is 1.97. The van der Waals surface area contributed by atoms with Gasteiger partial charge in [-0.2, -0.15) is 5.10 Å². The van der Waals surface area contributed by atoms with Crippen molar-refractivity contribution in [1.82, 2.24) is 14.7 Å². The van der Waals surface area contributed by atoms with Crippen LogP contribution in [0.4, 0.5) is 0 Å². The zero-order chi connectivity index (χ0) is 18.1. The molecule has 1 aliphatic rings. The number of rotatable bonds is 4. The van der Waals surface area contributed by atoms with Crippen molar-refractivity contribution in [2.45, 2.75) is 12.7 Å². The topological polar surface area (TPSA) is 64.4 Å². The first-order valence-electron chi connectivity index (χ1n) is 8.54. The number of hydrogen-bond donors (Lipinski definition) is 0. The second-order valence-corrected chi connectivity index (χ2v) is 6.46. The van der Waals surface area contributed by atoms with E-state index in [4.69, 9.17) is 4.74 Å². The van der Waals surface area contributed by atoms with Crippen LogP contribution in [-0.2, 0) is 18.4 Å². The van der Waals surface area contributed by atoms with Gasteiger partial charge in [-0.3, -0.25) is 9.59 Å². The highest BCUT2D eigenvalue weighted by atomic mass is 16.5. The third-order valence-electron chi connectivity index (χ3n) is 4.67. The van der Waals surface area contributed by atoms with E-state index in [-0.39, 0.29) is 23.3 Å². The molecule has 26 heavy (non-hydrogen) atoms. The zero-order valence-corrected chi connectivity index (χ0v) is 14.5. The van der Waals surface area contributed by atoms with Crippen molar-refractivity contribution in [3.63, 3.8) is 0 Å². The van der Waals surface area contributed by atoms with Crippen molar-refractivity contribution in [2.75, 3.05) is 13.1 Å². The fraction of sp³-hybridized carbons (Fsp3) is 0.250. The van der Waals surface area contributed by atoms with Crippen LogP contribution in [0.25, 0.3) is 10.8 Å². The van der Waals surface area contributed by atoms with E-state index in [2.05, 4.69) is 29.4 Å². The van der Waals surface area contributed by atoms with Gasteiger partial charge in [0.1, 0.15) is 5.69 Å². The fourth-order valence-corrected chi connectivity index (χ4v) is 3.11. The normalized spacial score (nSPS) is 14.4. The van der Waals surface area contributed by atoms with Crippen LogP contribution in [0.15, 0.2) is 59.4 Å². The van der Waals surface area contributed by atoms with Crippen molar-refractivity contribution >= 4 is 16.7 Å². The third-order valence-corrected chi connectivity index (χ3v) is 4.67. The third kappa shape index (κ3) is 3.11. The van der Waals surface area contributed by atoms with Gasteiger partial charge in [0, 0.05) is 26.2 Å². The quantitative estimate of drug-likeness (QED) is 0.722. The maximum atomic E-state index is 12.4. The SMILES string of the molecule is Cn1nc(C(=O)N2CC(OCc3cccc4ccccc34)C2)ccc1=O. The lowest BCUT2D eigenvalue weighted by atomic mass is 10.1. The summed E-state index contributed by atoms with van der Waals surface area (Å²) in [5.74, 6) is -0.175. The molecule has 1 fully saturated rings. The molecule has 0 N–H and O–H groups in total. The standard InChI is InChI=1S/C20H19N3O3/c1-22-19(24)10-9-18(21-22)20(25)23-11-16(12-23)26-13-15-7-4-6-14-5-2-3-8-17(14)15/h2-10,16H,11-13H2,1H3. The summed E-state index contributed by atoms with van der Waals surface area (Å²) in [6.45, 7) is 1.59. The van der Waals surface area contributed by atoms with Crippen LogP contribution >= 0.6 is 0 Å². The number of hydrogen-bond acceptors (Lipinski definition) is 4. The molecule has 1 saturated heterocycles. The molecule has 6 heteroatoms. The summed E-state index contributed by atoms with van der Waals surface area (Å²) in [5.41, 5.74) is 1.19. The average Bonchev–Trinajstić information content (AvgIpc) is 2.62. The highest BCUT2D eigenvalue weighted by molar-refractivity contribution is 5.92. The molecule has 0 spiro atoms. The Labute approximate surface area is 150 Å². The van der Waals surface area contributed by atoms with E-state index < -0.39 is 0 Å². The fourth-order valence-electron chi connectivity index (χ4n) is 3.11. The summed E-state index contributed by atoms with van der Waals surface area (Å²) in [6, 6.07) is 17.2. The molecule has 0 saturated carbocycles. The molecule has 1 amide bonds. The number of aromatic nitrogens is 2. The van der Waals surface area contributed by atoms with Crippen molar-refractivity contribution in [2.24, 2.45) is 7.05 Å². The van der Waals surface area contributed by atoms with Crippen LogP contribution in [0, 0.1) is 0 Å². The second-order valence-electron chi connectivity index (χ2n) is 6.46. The lowest BCUT2D eigenvalue weighted by Crippen LogP contribution is -2.55. The first-order valence-corrected chi connectivity index (χ1v) is 8.54. The molecule has 0 radical (unpaired) electrons. The highest BCUT2D eigenvalue weighted by Gasteiger charge is 2.32.